The summed E-state index contributed by atoms with van der Waals surface area (Å²) in [5, 5.41) is 0. The van der Waals surface area contributed by atoms with Crippen molar-refractivity contribution in [2.45, 2.75) is 20.3 Å². The summed E-state index contributed by atoms with van der Waals surface area (Å²) in [6.07, 6.45) is -0.546. The minimum atomic E-state index is -0.970. The van der Waals surface area contributed by atoms with E-state index in [2.05, 4.69) is 4.74 Å². The zero-order valence-electron chi connectivity index (χ0n) is 9.55. The van der Waals surface area contributed by atoms with Gasteiger partial charge in [-0.3, -0.25) is 9.59 Å². The maximum absolute atomic E-state index is 13.3. The highest BCUT2D eigenvalue weighted by Crippen LogP contribution is 2.16. The van der Waals surface area contributed by atoms with E-state index in [-0.39, 0.29) is 17.7 Å². The fraction of sp³-hybridized carbons (Fsp3) is 0.333. The van der Waals surface area contributed by atoms with Crippen LogP contribution in [0.4, 0.5) is 8.78 Å². The lowest BCUT2D eigenvalue weighted by molar-refractivity contribution is -0.141. The monoisotopic (exact) mass is 242 g/mol. The van der Waals surface area contributed by atoms with Crippen LogP contribution >= 0.6 is 0 Å². The smallest absolute Gasteiger partial charge is 0.313 e. The van der Waals surface area contributed by atoms with Crippen molar-refractivity contribution < 1.29 is 23.1 Å². The molecule has 1 aromatic rings. The molecule has 0 aliphatic rings. The molecule has 0 fully saturated rings. The number of Topliss-reactive ketones (excluding diaryl/α,β-unsaturated/α-hetero) is 1. The number of carbonyl (C=O) groups excluding carboxylic acids is 2. The van der Waals surface area contributed by atoms with Gasteiger partial charge in [0.2, 0.25) is 0 Å². The molecule has 0 amide bonds. The molecule has 0 radical (unpaired) electrons. The van der Waals surface area contributed by atoms with Gasteiger partial charge in [-0.2, -0.15) is 0 Å². The Morgan fingerprint density at radius 3 is 2.47 bits per heavy atom. The average molecular weight is 242 g/mol. The largest absolute Gasteiger partial charge is 0.466 e. The average Bonchev–Trinajstić information content (AvgIpc) is 2.23. The van der Waals surface area contributed by atoms with Crippen LogP contribution < -0.4 is 0 Å². The Kier molecular flexibility index (Phi) is 4.31. The minimum Gasteiger partial charge on any atom is -0.466 e. The van der Waals surface area contributed by atoms with Crippen molar-refractivity contribution in [2.75, 3.05) is 6.61 Å². The Bertz CT molecular complexity index is 455. The van der Waals surface area contributed by atoms with E-state index in [1.807, 2.05) is 0 Å². The topological polar surface area (TPSA) is 43.4 Å². The van der Waals surface area contributed by atoms with Crippen molar-refractivity contribution in [3.63, 3.8) is 0 Å². The lowest BCUT2D eigenvalue weighted by Gasteiger charge is -2.05. The van der Waals surface area contributed by atoms with Gasteiger partial charge in [-0.15, -0.1) is 0 Å². The first-order valence-electron chi connectivity index (χ1n) is 5.10. The molecule has 0 N–H and O–H groups in total. The van der Waals surface area contributed by atoms with Gasteiger partial charge in [0, 0.05) is 6.07 Å². The van der Waals surface area contributed by atoms with E-state index in [1.54, 1.807) is 6.92 Å². The van der Waals surface area contributed by atoms with Crippen molar-refractivity contribution in [2.24, 2.45) is 0 Å². The number of carbonyl (C=O) groups is 2. The second kappa shape index (κ2) is 5.52. The van der Waals surface area contributed by atoms with Crippen LogP contribution in [0.15, 0.2) is 12.1 Å². The van der Waals surface area contributed by atoms with Gasteiger partial charge < -0.3 is 4.74 Å². The van der Waals surface area contributed by atoms with Gasteiger partial charge in [-0.1, -0.05) is 0 Å². The normalized spacial score (nSPS) is 10.1. The number of ketones is 1. The Hall–Kier alpha value is -1.78. The summed E-state index contributed by atoms with van der Waals surface area (Å²) in [5.74, 6) is -3.14. The highest BCUT2D eigenvalue weighted by molar-refractivity contribution is 6.06. The fourth-order valence-corrected chi connectivity index (χ4v) is 1.31. The Labute approximate surface area is 97.4 Å². The molecule has 0 aliphatic heterocycles. The number of benzene rings is 1. The predicted octanol–water partition coefficient (Wildman–Crippen LogP) is 2.41. The maximum atomic E-state index is 13.3. The zero-order chi connectivity index (χ0) is 13.0. The van der Waals surface area contributed by atoms with Gasteiger partial charge in [-0.05, 0) is 25.5 Å². The SMILES string of the molecule is CCOC(=O)CC(=O)c1cc(C)c(F)cc1F. The lowest BCUT2D eigenvalue weighted by atomic mass is 10.0. The first-order valence-corrected chi connectivity index (χ1v) is 5.10. The van der Waals surface area contributed by atoms with E-state index in [0.717, 1.165) is 6.07 Å². The molecule has 0 saturated carbocycles. The van der Waals surface area contributed by atoms with Gasteiger partial charge in [0.15, 0.2) is 5.78 Å². The van der Waals surface area contributed by atoms with Crippen LogP contribution in [0, 0.1) is 18.6 Å². The number of hydrogen-bond donors (Lipinski definition) is 0. The standard InChI is InChI=1S/C12H12F2O3/c1-3-17-12(16)6-11(15)8-4-7(2)9(13)5-10(8)14/h4-5H,3,6H2,1-2H3. The molecular formula is C12H12F2O3. The molecule has 0 heterocycles. The molecule has 0 aliphatic carbocycles. The van der Waals surface area contributed by atoms with Crippen LogP contribution in [-0.2, 0) is 9.53 Å². The van der Waals surface area contributed by atoms with Gasteiger partial charge in [0.05, 0.1) is 12.2 Å². The van der Waals surface area contributed by atoms with E-state index in [1.165, 1.54) is 6.92 Å². The number of hydrogen-bond acceptors (Lipinski definition) is 3. The molecule has 1 rings (SSSR count). The maximum Gasteiger partial charge on any atom is 0.313 e. The zero-order valence-corrected chi connectivity index (χ0v) is 9.55. The molecule has 5 heteroatoms. The Morgan fingerprint density at radius 1 is 1.24 bits per heavy atom. The molecule has 17 heavy (non-hydrogen) atoms. The molecule has 0 spiro atoms. The van der Waals surface area contributed by atoms with Crippen LogP contribution in [-0.4, -0.2) is 18.4 Å². The van der Waals surface area contributed by atoms with Crippen LogP contribution in [0.25, 0.3) is 0 Å². The van der Waals surface area contributed by atoms with E-state index >= 15 is 0 Å². The van der Waals surface area contributed by atoms with E-state index in [0.29, 0.717) is 6.07 Å². The third-order valence-corrected chi connectivity index (χ3v) is 2.16. The number of halogens is 2. The molecule has 92 valence electrons. The van der Waals surface area contributed by atoms with Gasteiger partial charge in [0.25, 0.3) is 0 Å². The van der Waals surface area contributed by atoms with E-state index in [9.17, 15) is 18.4 Å². The first-order chi connectivity index (χ1) is 7.95. The summed E-state index contributed by atoms with van der Waals surface area (Å²) in [6, 6.07) is 1.72. The fourth-order valence-electron chi connectivity index (χ4n) is 1.31. The van der Waals surface area contributed by atoms with Gasteiger partial charge in [0.1, 0.15) is 18.1 Å². The summed E-state index contributed by atoms with van der Waals surface area (Å²) < 4.78 is 30.8. The summed E-state index contributed by atoms with van der Waals surface area (Å²) >= 11 is 0. The molecule has 1 aromatic carbocycles. The van der Waals surface area contributed by atoms with Crippen LogP contribution in [0.1, 0.15) is 29.3 Å². The Balaban J connectivity index is 2.89. The summed E-state index contributed by atoms with van der Waals surface area (Å²) in [6.45, 7) is 3.16. The molecule has 0 atom stereocenters. The molecule has 0 saturated heterocycles. The highest BCUT2D eigenvalue weighted by atomic mass is 19.1. The van der Waals surface area contributed by atoms with Crippen LogP contribution in [0.3, 0.4) is 0 Å². The predicted molar refractivity (Wildman–Crippen MR) is 56.7 cm³/mol. The quantitative estimate of drug-likeness (QED) is 0.462. The van der Waals surface area contributed by atoms with Crippen molar-refractivity contribution >= 4 is 11.8 Å². The van der Waals surface area contributed by atoms with Crippen molar-refractivity contribution in [1.82, 2.24) is 0 Å². The van der Waals surface area contributed by atoms with E-state index < -0.39 is 29.8 Å². The molecule has 0 aromatic heterocycles. The third kappa shape index (κ3) is 3.34. The number of rotatable bonds is 4. The summed E-state index contributed by atoms with van der Waals surface area (Å²) in [7, 11) is 0. The first kappa shape index (κ1) is 13.3. The second-order valence-electron chi connectivity index (χ2n) is 3.49. The van der Waals surface area contributed by atoms with Crippen LogP contribution in [0.2, 0.25) is 0 Å². The van der Waals surface area contributed by atoms with Gasteiger partial charge >= 0.3 is 5.97 Å². The third-order valence-electron chi connectivity index (χ3n) is 2.16. The number of esters is 1. The van der Waals surface area contributed by atoms with Crippen LogP contribution in [0.5, 0.6) is 0 Å². The summed E-state index contributed by atoms with van der Waals surface area (Å²) in [5.41, 5.74) is -0.143. The summed E-state index contributed by atoms with van der Waals surface area (Å²) in [4.78, 5) is 22.6. The Morgan fingerprint density at radius 2 is 1.88 bits per heavy atom. The minimum absolute atomic E-state index is 0.150. The van der Waals surface area contributed by atoms with Crippen molar-refractivity contribution in [3.8, 4) is 0 Å². The lowest BCUT2D eigenvalue weighted by Crippen LogP contribution is -2.13. The van der Waals surface area contributed by atoms with Crippen molar-refractivity contribution in [1.29, 1.82) is 0 Å². The highest BCUT2D eigenvalue weighted by Gasteiger charge is 2.18. The molecule has 0 bridgehead atoms. The molecular weight excluding hydrogens is 230 g/mol. The molecule has 3 nitrogen and oxygen atoms in total. The molecule has 0 unspecified atom stereocenters. The van der Waals surface area contributed by atoms with E-state index in [4.69, 9.17) is 0 Å². The van der Waals surface area contributed by atoms with Gasteiger partial charge in [-0.25, -0.2) is 8.78 Å². The number of ether oxygens (including phenoxy) is 1. The van der Waals surface area contributed by atoms with Crippen molar-refractivity contribution in [3.05, 3.63) is 34.9 Å². The second-order valence-corrected chi connectivity index (χ2v) is 3.49. The number of aryl methyl sites for hydroxylation is 1.